The van der Waals surface area contributed by atoms with Gasteiger partial charge in [0.1, 0.15) is 16.5 Å². The van der Waals surface area contributed by atoms with Gasteiger partial charge in [-0.1, -0.05) is 12.1 Å². The smallest absolute Gasteiger partial charge is 0.251 e. The van der Waals surface area contributed by atoms with Gasteiger partial charge in [0.25, 0.3) is 5.91 Å². The van der Waals surface area contributed by atoms with Crippen molar-refractivity contribution in [3.05, 3.63) is 52.5 Å². The van der Waals surface area contributed by atoms with Crippen LogP contribution in [0.4, 0.5) is 0 Å². The van der Waals surface area contributed by atoms with Crippen molar-refractivity contribution in [3.63, 3.8) is 0 Å². The highest BCUT2D eigenvalue weighted by Crippen LogP contribution is 2.29. The van der Waals surface area contributed by atoms with Crippen LogP contribution in [0.1, 0.15) is 20.9 Å². The van der Waals surface area contributed by atoms with Crippen LogP contribution in [0.5, 0.6) is 11.5 Å². The summed E-state index contributed by atoms with van der Waals surface area (Å²) in [6, 6.07) is 11.3. The summed E-state index contributed by atoms with van der Waals surface area (Å²) < 4.78 is 11.7. The highest BCUT2D eigenvalue weighted by Gasteiger charge is 2.14. The Morgan fingerprint density at radius 3 is 2.46 bits per heavy atom. The van der Waals surface area contributed by atoms with Crippen molar-refractivity contribution in [2.24, 2.45) is 0 Å². The summed E-state index contributed by atoms with van der Waals surface area (Å²) in [5.41, 5.74) is 2.31. The van der Waals surface area contributed by atoms with Gasteiger partial charge in [0.05, 0.1) is 31.0 Å². The van der Waals surface area contributed by atoms with Crippen LogP contribution < -0.4 is 14.8 Å². The van der Waals surface area contributed by atoms with Gasteiger partial charge in [0.15, 0.2) is 0 Å². The molecular formula is C18H18N2O3S. The van der Waals surface area contributed by atoms with E-state index in [1.807, 2.05) is 31.2 Å². The van der Waals surface area contributed by atoms with Crippen LogP contribution in [-0.2, 0) is 6.54 Å². The lowest BCUT2D eigenvalue weighted by Crippen LogP contribution is -2.22. The number of nitrogens with one attached hydrogen (secondary N) is 1. The van der Waals surface area contributed by atoms with Gasteiger partial charge in [-0.2, -0.15) is 0 Å². The van der Waals surface area contributed by atoms with E-state index in [0.717, 1.165) is 20.8 Å². The maximum absolute atomic E-state index is 12.4. The number of rotatable bonds is 5. The number of carbonyl (C=O) groups excluding carboxylic acids is 1. The third-order valence-corrected chi connectivity index (χ3v) is 4.79. The fourth-order valence-electron chi connectivity index (χ4n) is 2.47. The van der Waals surface area contributed by atoms with E-state index in [2.05, 4.69) is 10.3 Å². The third-order valence-electron chi connectivity index (χ3n) is 3.75. The van der Waals surface area contributed by atoms with Crippen molar-refractivity contribution >= 4 is 27.5 Å². The lowest BCUT2D eigenvalue weighted by atomic mass is 10.1. The summed E-state index contributed by atoms with van der Waals surface area (Å²) in [5.74, 6) is 1.06. The van der Waals surface area contributed by atoms with Crippen molar-refractivity contribution < 1.29 is 14.3 Å². The zero-order chi connectivity index (χ0) is 17.1. The second-order valence-corrected chi connectivity index (χ2v) is 6.38. The molecule has 0 fully saturated rings. The zero-order valence-electron chi connectivity index (χ0n) is 13.8. The van der Waals surface area contributed by atoms with Gasteiger partial charge in [0.2, 0.25) is 0 Å². The molecule has 2 aromatic carbocycles. The first-order valence-corrected chi connectivity index (χ1v) is 8.29. The number of nitrogens with zero attached hydrogens (tertiary/aromatic N) is 1. The molecule has 3 aromatic rings. The van der Waals surface area contributed by atoms with Gasteiger partial charge < -0.3 is 14.8 Å². The molecule has 124 valence electrons. The molecule has 1 amide bonds. The van der Waals surface area contributed by atoms with E-state index in [1.54, 1.807) is 37.7 Å². The van der Waals surface area contributed by atoms with E-state index in [1.165, 1.54) is 0 Å². The fourth-order valence-corrected chi connectivity index (χ4v) is 3.38. The number of benzene rings is 2. The largest absolute Gasteiger partial charge is 0.496 e. The summed E-state index contributed by atoms with van der Waals surface area (Å²) in [6.07, 6.45) is 0. The lowest BCUT2D eigenvalue weighted by molar-refractivity contribution is 0.0950. The SMILES string of the molecule is COc1cc(C(=O)NCc2nc3ccccc3s2)cc(OC)c1C. The van der Waals surface area contributed by atoms with Crippen molar-refractivity contribution in [1.82, 2.24) is 10.3 Å². The Balaban J connectivity index is 1.77. The molecule has 0 aliphatic carbocycles. The van der Waals surface area contributed by atoms with Gasteiger partial charge in [0, 0.05) is 11.1 Å². The monoisotopic (exact) mass is 342 g/mol. The molecule has 3 rings (SSSR count). The Bertz CT molecular complexity index is 831. The maximum atomic E-state index is 12.4. The minimum Gasteiger partial charge on any atom is -0.496 e. The van der Waals surface area contributed by atoms with Crippen LogP contribution in [0, 0.1) is 6.92 Å². The standard InChI is InChI=1S/C18H18N2O3S/c1-11-14(22-2)8-12(9-15(11)23-3)18(21)19-10-17-20-13-6-4-5-7-16(13)24-17/h4-9H,10H2,1-3H3,(H,19,21). The number of amides is 1. The van der Waals surface area contributed by atoms with E-state index in [0.29, 0.717) is 23.6 Å². The number of thiazole rings is 1. The number of aromatic nitrogens is 1. The first kappa shape index (κ1) is 16.3. The molecule has 0 saturated carbocycles. The molecule has 5 nitrogen and oxygen atoms in total. The van der Waals surface area contributed by atoms with Gasteiger partial charge >= 0.3 is 0 Å². The van der Waals surface area contributed by atoms with E-state index in [4.69, 9.17) is 9.47 Å². The number of methoxy groups -OCH3 is 2. The van der Waals surface area contributed by atoms with Gasteiger partial charge in [-0.15, -0.1) is 11.3 Å². The first-order valence-electron chi connectivity index (χ1n) is 7.47. The van der Waals surface area contributed by atoms with Crippen LogP contribution in [-0.4, -0.2) is 25.1 Å². The molecule has 0 atom stereocenters. The Morgan fingerprint density at radius 2 is 1.83 bits per heavy atom. The fraction of sp³-hybridized carbons (Fsp3) is 0.222. The first-order chi connectivity index (χ1) is 11.6. The van der Waals surface area contributed by atoms with Gasteiger partial charge in [-0.3, -0.25) is 4.79 Å². The minimum absolute atomic E-state index is 0.189. The third kappa shape index (κ3) is 3.19. The second-order valence-electron chi connectivity index (χ2n) is 5.26. The zero-order valence-corrected chi connectivity index (χ0v) is 14.6. The maximum Gasteiger partial charge on any atom is 0.251 e. The normalized spacial score (nSPS) is 10.6. The predicted molar refractivity (Wildman–Crippen MR) is 95.1 cm³/mol. The number of hydrogen-bond donors (Lipinski definition) is 1. The average molecular weight is 342 g/mol. The summed E-state index contributed by atoms with van der Waals surface area (Å²) in [7, 11) is 3.15. The molecule has 1 N–H and O–H groups in total. The molecule has 0 saturated heterocycles. The molecule has 0 unspecified atom stereocenters. The van der Waals surface area contributed by atoms with Crippen molar-refractivity contribution in [1.29, 1.82) is 0 Å². The van der Waals surface area contributed by atoms with Crippen LogP contribution in [0.2, 0.25) is 0 Å². The van der Waals surface area contributed by atoms with Crippen molar-refractivity contribution in [2.75, 3.05) is 14.2 Å². The van der Waals surface area contributed by atoms with Crippen LogP contribution in [0.3, 0.4) is 0 Å². The summed E-state index contributed by atoms with van der Waals surface area (Å²) in [5, 5.41) is 3.77. The Labute approximate surface area is 144 Å². The molecule has 0 radical (unpaired) electrons. The van der Waals surface area contributed by atoms with Crippen LogP contribution >= 0.6 is 11.3 Å². The molecule has 0 aliphatic rings. The van der Waals surface area contributed by atoms with Crippen molar-refractivity contribution in [2.45, 2.75) is 13.5 Å². The van der Waals surface area contributed by atoms with Crippen LogP contribution in [0.25, 0.3) is 10.2 Å². The highest BCUT2D eigenvalue weighted by atomic mass is 32.1. The van der Waals surface area contributed by atoms with Crippen LogP contribution in [0.15, 0.2) is 36.4 Å². The minimum atomic E-state index is -0.189. The molecule has 1 heterocycles. The summed E-state index contributed by atoms with van der Waals surface area (Å²) >= 11 is 1.58. The number of ether oxygens (including phenoxy) is 2. The highest BCUT2D eigenvalue weighted by molar-refractivity contribution is 7.18. The van der Waals surface area contributed by atoms with E-state index >= 15 is 0 Å². The number of hydrogen-bond acceptors (Lipinski definition) is 5. The molecule has 1 aromatic heterocycles. The lowest BCUT2D eigenvalue weighted by Gasteiger charge is -2.12. The molecule has 0 bridgehead atoms. The molecule has 0 spiro atoms. The van der Waals surface area contributed by atoms with Gasteiger partial charge in [-0.25, -0.2) is 4.98 Å². The molecule has 24 heavy (non-hydrogen) atoms. The molecule has 0 aliphatic heterocycles. The topological polar surface area (TPSA) is 60.5 Å². The Morgan fingerprint density at radius 1 is 1.17 bits per heavy atom. The summed E-state index contributed by atoms with van der Waals surface area (Å²) in [4.78, 5) is 16.9. The number of fused-ring (bicyclic) bond motifs is 1. The average Bonchev–Trinajstić information content (AvgIpc) is 3.02. The molecule has 6 heteroatoms. The second kappa shape index (κ2) is 6.88. The Hall–Kier alpha value is -2.60. The summed E-state index contributed by atoms with van der Waals surface area (Å²) in [6.45, 7) is 2.27. The quantitative estimate of drug-likeness (QED) is 0.770. The number of carbonyl (C=O) groups is 1. The van der Waals surface area contributed by atoms with Crippen molar-refractivity contribution in [3.8, 4) is 11.5 Å². The van der Waals surface area contributed by atoms with Gasteiger partial charge in [-0.05, 0) is 31.2 Å². The van der Waals surface area contributed by atoms with E-state index < -0.39 is 0 Å². The molecular weight excluding hydrogens is 324 g/mol. The number of para-hydroxylation sites is 1. The predicted octanol–water partition coefficient (Wildman–Crippen LogP) is 3.55. The Kier molecular flexibility index (Phi) is 4.66. The van der Waals surface area contributed by atoms with E-state index in [9.17, 15) is 4.79 Å². The van der Waals surface area contributed by atoms with E-state index in [-0.39, 0.29) is 5.91 Å².